The first kappa shape index (κ1) is 12.5. The smallest absolute Gasteiger partial charge is 0.119 e. The summed E-state index contributed by atoms with van der Waals surface area (Å²) < 4.78 is 5.34. The summed E-state index contributed by atoms with van der Waals surface area (Å²) in [6.07, 6.45) is 0. The molecule has 0 spiro atoms. The van der Waals surface area contributed by atoms with Gasteiger partial charge in [0.1, 0.15) is 5.75 Å². The van der Waals surface area contributed by atoms with Crippen molar-refractivity contribution in [1.29, 1.82) is 0 Å². The second kappa shape index (κ2) is 5.23. The number of benzene rings is 1. The fourth-order valence-corrected chi connectivity index (χ4v) is 2.79. The standard InChI is InChI=1S/C15H21N3O/c1-11-14(10-18-7-5-16-6-8-18)13-9-12(19-2)3-4-15(13)17-11/h3-4,9,16-17H,5-8,10H2,1-2H3. The third-order valence-corrected chi connectivity index (χ3v) is 3.92. The van der Waals surface area contributed by atoms with E-state index >= 15 is 0 Å². The SMILES string of the molecule is COc1ccc2[nH]c(C)c(CN3CCNCC3)c2c1. The molecule has 102 valence electrons. The summed E-state index contributed by atoms with van der Waals surface area (Å²) in [4.78, 5) is 5.98. The van der Waals surface area contributed by atoms with Crippen molar-refractivity contribution in [1.82, 2.24) is 15.2 Å². The predicted molar refractivity (Wildman–Crippen MR) is 77.7 cm³/mol. The number of hydrogen-bond acceptors (Lipinski definition) is 3. The van der Waals surface area contributed by atoms with E-state index in [1.165, 1.54) is 22.2 Å². The van der Waals surface area contributed by atoms with E-state index in [0.717, 1.165) is 38.5 Å². The molecule has 0 atom stereocenters. The Labute approximate surface area is 113 Å². The van der Waals surface area contributed by atoms with Gasteiger partial charge in [0.2, 0.25) is 0 Å². The fourth-order valence-electron chi connectivity index (χ4n) is 2.79. The van der Waals surface area contributed by atoms with Crippen LogP contribution in [-0.4, -0.2) is 43.2 Å². The summed E-state index contributed by atoms with van der Waals surface area (Å²) >= 11 is 0. The van der Waals surface area contributed by atoms with E-state index in [-0.39, 0.29) is 0 Å². The van der Waals surface area contributed by atoms with Gasteiger partial charge < -0.3 is 15.0 Å². The van der Waals surface area contributed by atoms with Crippen LogP contribution in [0.3, 0.4) is 0 Å². The average Bonchev–Trinajstić information content (AvgIpc) is 2.76. The third kappa shape index (κ3) is 2.46. The van der Waals surface area contributed by atoms with Gasteiger partial charge in [-0.25, -0.2) is 0 Å². The number of rotatable bonds is 3. The molecule has 1 aliphatic heterocycles. The Kier molecular flexibility index (Phi) is 3.44. The van der Waals surface area contributed by atoms with E-state index in [2.05, 4.69) is 34.3 Å². The van der Waals surface area contributed by atoms with Crippen molar-refractivity contribution in [3.05, 3.63) is 29.5 Å². The quantitative estimate of drug-likeness (QED) is 0.884. The maximum Gasteiger partial charge on any atom is 0.119 e. The Hall–Kier alpha value is -1.52. The highest BCUT2D eigenvalue weighted by Gasteiger charge is 2.15. The van der Waals surface area contributed by atoms with Crippen LogP contribution in [0, 0.1) is 6.92 Å². The molecule has 2 heterocycles. The van der Waals surface area contributed by atoms with Gasteiger partial charge in [-0.3, -0.25) is 4.90 Å². The highest BCUT2D eigenvalue weighted by Crippen LogP contribution is 2.27. The monoisotopic (exact) mass is 259 g/mol. The molecule has 0 unspecified atom stereocenters. The molecule has 3 rings (SSSR count). The van der Waals surface area contributed by atoms with Gasteiger partial charge in [0.25, 0.3) is 0 Å². The zero-order valence-electron chi connectivity index (χ0n) is 11.6. The van der Waals surface area contributed by atoms with Crippen LogP contribution in [0.15, 0.2) is 18.2 Å². The summed E-state index contributed by atoms with van der Waals surface area (Å²) in [6.45, 7) is 7.59. The van der Waals surface area contributed by atoms with Crippen molar-refractivity contribution < 1.29 is 4.74 Å². The number of piperazine rings is 1. The molecule has 0 amide bonds. The van der Waals surface area contributed by atoms with Crippen LogP contribution in [0.1, 0.15) is 11.3 Å². The van der Waals surface area contributed by atoms with E-state index in [0.29, 0.717) is 0 Å². The molecule has 1 aromatic carbocycles. The highest BCUT2D eigenvalue weighted by molar-refractivity contribution is 5.86. The molecular formula is C15H21N3O. The van der Waals surface area contributed by atoms with Gasteiger partial charge in [-0.15, -0.1) is 0 Å². The van der Waals surface area contributed by atoms with Crippen molar-refractivity contribution in [3.8, 4) is 5.75 Å². The molecule has 1 aromatic heterocycles. The van der Waals surface area contributed by atoms with E-state index in [4.69, 9.17) is 4.74 Å². The van der Waals surface area contributed by atoms with Crippen LogP contribution in [0.2, 0.25) is 0 Å². The predicted octanol–water partition coefficient (Wildman–Crippen LogP) is 1.89. The summed E-state index contributed by atoms with van der Waals surface area (Å²) in [5, 5.41) is 4.68. The van der Waals surface area contributed by atoms with Gasteiger partial charge in [0.15, 0.2) is 0 Å². The summed E-state index contributed by atoms with van der Waals surface area (Å²) in [6, 6.07) is 6.24. The van der Waals surface area contributed by atoms with Gasteiger partial charge in [0, 0.05) is 49.3 Å². The molecule has 0 radical (unpaired) electrons. The molecule has 0 saturated carbocycles. The fraction of sp³-hybridized carbons (Fsp3) is 0.467. The molecule has 0 aliphatic carbocycles. The highest BCUT2D eigenvalue weighted by atomic mass is 16.5. The van der Waals surface area contributed by atoms with Gasteiger partial charge in [-0.2, -0.15) is 0 Å². The Bertz CT molecular complexity index is 570. The minimum atomic E-state index is 0.924. The Morgan fingerprint density at radius 2 is 2.05 bits per heavy atom. The zero-order valence-corrected chi connectivity index (χ0v) is 11.6. The van der Waals surface area contributed by atoms with Crippen molar-refractivity contribution in [2.45, 2.75) is 13.5 Å². The zero-order chi connectivity index (χ0) is 13.2. The van der Waals surface area contributed by atoms with Crippen LogP contribution in [0.25, 0.3) is 10.9 Å². The average molecular weight is 259 g/mol. The molecule has 0 bridgehead atoms. The van der Waals surface area contributed by atoms with Crippen molar-refractivity contribution >= 4 is 10.9 Å². The maximum atomic E-state index is 5.34. The molecule has 4 nitrogen and oxygen atoms in total. The number of aryl methyl sites for hydroxylation is 1. The second-order valence-electron chi connectivity index (χ2n) is 5.17. The number of hydrogen-bond donors (Lipinski definition) is 2. The van der Waals surface area contributed by atoms with Crippen LogP contribution in [0.4, 0.5) is 0 Å². The lowest BCUT2D eigenvalue weighted by atomic mass is 10.1. The van der Waals surface area contributed by atoms with E-state index in [1.807, 2.05) is 6.07 Å². The second-order valence-corrected chi connectivity index (χ2v) is 5.17. The van der Waals surface area contributed by atoms with Crippen molar-refractivity contribution in [2.75, 3.05) is 33.3 Å². The molecule has 1 fully saturated rings. The summed E-state index contributed by atoms with van der Waals surface area (Å²) in [7, 11) is 1.72. The molecule has 1 aliphatic rings. The summed E-state index contributed by atoms with van der Waals surface area (Å²) in [5.74, 6) is 0.924. The van der Waals surface area contributed by atoms with Gasteiger partial charge >= 0.3 is 0 Å². The number of methoxy groups -OCH3 is 1. The molecule has 2 N–H and O–H groups in total. The third-order valence-electron chi connectivity index (χ3n) is 3.92. The van der Waals surface area contributed by atoms with Crippen LogP contribution in [0.5, 0.6) is 5.75 Å². The Morgan fingerprint density at radius 3 is 2.79 bits per heavy atom. The van der Waals surface area contributed by atoms with Crippen LogP contribution >= 0.6 is 0 Å². The lowest BCUT2D eigenvalue weighted by Gasteiger charge is -2.27. The number of fused-ring (bicyclic) bond motifs is 1. The lowest BCUT2D eigenvalue weighted by Crippen LogP contribution is -2.42. The van der Waals surface area contributed by atoms with E-state index in [9.17, 15) is 0 Å². The van der Waals surface area contributed by atoms with Crippen LogP contribution < -0.4 is 10.1 Å². The molecule has 1 saturated heterocycles. The van der Waals surface area contributed by atoms with Gasteiger partial charge in [-0.05, 0) is 30.7 Å². The lowest BCUT2D eigenvalue weighted by molar-refractivity contribution is 0.233. The van der Waals surface area contributed by atoms with Gasteiger partial charge in [-0.1, -0.05) is 0 Å². The van der Waals surface area contributed by atoms with Gasteiger partial charge in [0.05, 0.1) is 7.11 Å². The number of nitrogens with one attached hydrogen (secondary N) is 2. The van der Waals surface area contributed by atoms with E-state index in [1.54, 1.807) is 7.11 Å². The molecule has 19 heavy (non-hydrogen) atoms. The number of aromatic amines is 1. The number of H-pyrrole nitrogens is 1. The number of ether oxygens (including phenoxy) is 1. The largest absolute Gasteiger partial charge is 0.497 e. The first-order valence-corrected chi connectivity index (χ1v) is 6.86. The normalized spacial score (nSPS) is 16.9. The Morgan fingerprint density at radius 1 is 1.26 bits per heavy atom. The first-order chi connectivity index (χ1) is 9.28. The topological polar surface area (TPSA) is 40.3 Å². The number of aromatic nitrogens is 1. The Balaban J connectivity index is 1.94. The van der Waals surface area contributed by atoms with Crippen molar-refractivity contribution in [3.63, 3.8) is 0 Å². The molecule has 2 aromatic rings. The maximum absolute atomic E-state index is 5.34. The first-order valence-electron chi connectivity index (χ1n) is 6.86. The number of nitrogens with zero attached hydrogens (tertiary/aromatic N) is 1. The van der Waals surface area contributed by atoms with Crippen molar-refractivity contribution in [2.24, 2.45) is 0 Å². The summed E-state index contributed by atoms with van der Waals surface area (Å²) in [5.41, 5.74) is 3.86. The van der Waals surface area contributed by atoms with Crippen LogP contribution in [-0.2, 0) is 6.54 Å². The minimum Gasteiger partial charge on any atom is -0.497 e. The van der Waals surface area contributed by atoms with E-state index < -0.39 is 0 Å². The molecular weight excluding hydrogens is 238 g/mol. The molecule has 4 heteroatoms. The minimum absolute atomic E-state index is 0.924.